The Bertz CT molecular complexity index is 1230. The lowest BCUT2D eigenvalue weighted by molar-refractivity contribution is -0.127. The molecule has 1 N–H and O–H groups in total. The summed E-state index contributed by atoms with van der Waals surface area (Å²) in [6.07, 6.45) is -1.03. The smallest absolute Gasteiger partial charge is 0.264 e. The van der Waals surface area contributed by atoms with E-state index in [0.29, 0.717) is 27.2 Å². The predicted octanol–water partition coefficient (Wildman–Crippen LogP) is 4.14. The van der Waals surface area contributed by atoms with E-state index in [1.807, 2.05) is 0 Å². The van der Waals surface area contributed by atoms with Crippen LogP contribution in [0.4, 0.5) is 5.69 Å². The Kier molecular flexibility index (Phi) is 6.97. The number of benzene rings is 3. The minimum atomic E-state index is -3.94. The molecular weight excluding hydrogens is 487 g/mol. The molecule has 4 rings (SSSR count). The van der Waals surface area contributed by atoms with Gasteiger partial charge in [-0.2, -0.15) is 0 Å². The van der Waals surface area contributed by atoms with Gasteiger partial charge in [0.25, 0.3) is 15.9 Å². The van der Waals surface area contributed by atoms with Crippen LogP contribution in [0.5, 0.6) is 11.5 Å². The van der Waals surface area contributed by atoms with Crippen LogP contribution in [0.15, 0.2) is 77.7 Å². The average Bonchev–Trinajstić information content (AvgIpc) is 2.82. The van der Waals surface area contributed by atoms with Gasteiger partial charge < -0.3 is 14.8 Å². The lowest BCUT2D eigenvalue weighted by Crippen LogP contribution is -2.51. The Morgan fingerprint density at radius 3 is 2.33 bits per heavy atom. The molecule has 0 saturated heterocycles. The number of rotatable bonds is 7. The molecule has 1 heterocycles. The van der Waals surface area contributed by atoms with E-state index in [1.54, 1.807) is 48.5 Å². The number of para-hydroxylation sites is 2. The molecule has 0 fully saturated rings. The number of hydrogen-bond donors (Lipinski definition) is 1. The first kappa shape index (κ1) is 23.2. The topological polar surface area (TPSA) is 84.9 Å². The molecule has 0 radical (unpaired) electrons. The quantitative estimate of drug-likeness (QED) is 0.486. The number of nitrogens with zero attached hydrogens (tertiary/aromatic N) is 1. The molecule has 1 aliphatic heterocycles. The van der Waals surface area contributed by atoms with E-state index >= 15 is 0 Å². The van der Waals surface area contributed by atoms with Crippen molar-refractivity contribution >= 4 is 44.8 Å². The van der Waals surface area contributed by atoms with E-state index < -0.39 is 22.0 Å². The first-order valence-electron chi connectivity index (χ1n) is 10.0. The second-order valence-corrected chi connectivity index (χ2v) is 9.89. The SMILES string of the molecule is O=C(NCCOc1ccc(Cl)cc1)C1CN(S(=O)(=O)c2ccc(Cl)cc2)c2ccccc2O1. The molecule has 3 aromatic carbocycles. The Balaban J connectivity index is 1.46. The van der Waals surface area contributed by atoms with E-state index in [2.05, 4.69) is 5.32 Å². The molecule has 172 valence electrons. The maximum Gasteiger partial charge on any atom is 0.264 e. The number of hydrogen-bond acceptors (Lipinski definition) is 5. The zero-order valence-electron chi connectivity index (χ0n) is 17.3. The predicted molar refractivity (Wildman–Crippen MR) is 127 cm³/mol. The minimum Gasteiger partial charge on any atom is -0.492 e. The van der Waals surface area contributed by atoms with Gasteiger partial charge in [-0.15, -0.1) is 0 Å². The van der Waals surface area contributed by atoms with Gasteiger partial charge >= 0.3 is 0 Å². The second kappa shape index (κ2) is 9.91. The van der Waals surface area contributed by atoms with Crippen molar-refractivity contribution in [1.29, 1.82) is 0 Å². The molecule has 3 aromatic rings. The van der Waals surface area contributed by atoms with Crippen molar-refractivity contribution in [1.82, 2.24) is 5.32 Å². The van der Waals surface area contributed by atoms with Crippen molar-refractivity contribution in [2.75, 3.05) is 24.0 Å². The summed E-state index contributed by atoms with van der Waals surface area (Å²) in [5.41, 5.74) is 0.363. The van der Waals surface area contributed by atoms with Crippen LogP contribution in [0.2, 0.25) is 10.0 Å². The lowest BCUT2D eigenvalue weighted by atomic mass is 10.2. The number of fused-ring (bicyclic) bond motifs is 1. The molecule has 7 nitrogen and oxygen atoms in total. The van der Waals surface area contributed by atoms with E-state index in [1.165, 1.54) is 28.6 Å². The van der Waals surface area contributed by atoms with Gasteiger partial charge in [0.05, 0.1) is 23.7 Å². The van der Waals surface area contributed by atoms with E-state index in [0.717, 1.165) is 0 Å². The number of sulfonamides is 1. The summed E-state index contributed by atoms with van der Waals surface area (Å²) in [7, 11) is -3.94. The highest BCUT2D eigenvalue weighted by atomic mass is 35.5. The zero-order chi connectivity index (χ0) is 23.4. The van der Waals surface area contributed by atoms with Gasteiger partial charge in [-0.1, -0.05) is 35.3 Å². The lowest BCUT2D eigenvalue weighted by Gasteiger charge is -2.34. The van der Waals surface area contributed by atoms with E-state index in [-0.39, 0.29) is 24.6 Å². The second-order valence-electron chi connectivity index (χ2n) is 7.16. The number of carbonyl (C=O) groups excluding carboxylic acids is 1. The summed E-state index contributed by atoms with van der Waals surface area (Å²) >= 11 is 11.7. The maximum absolute atomic E-state index is 13.3. The third-order valence-corrected chi connectivity index (χ3v) is 7.21. The molecule has 33 heavy (non-hydrogen) atoms. The van der Waals surface area contributed by atoms with Crippen molar-refractivity contribution in [3.63, 3.8) is 0 Å². The zero-order valence-corrected chi connectivity index (χ0v) is 19.6. The van der Waals surface area contributed by atoms with Crippen molar-refractivity contribution < 1.29 is 22.7 Å². The number of anilines is 1. The molecule has 0 spiro atoms. The Morgan fingerprint density at radius 2 is 1.64 bits per heavy atom. The standard InChI is InChI=1S/C23H20Cl2N2O5S/c24-16-5-9-18(10-6-16)31-14-13-26-23(28)22-15-27(20-3-1-2-4-21(20)32-22)33(29,30)19-11-7-17(25)8-12-19/h1-12,22H,13-15H2,(H,26,28). The largest absolute Gasteiger partial charge is 0.492 e. The first-order valence-corrected chi connectivity index (χ1v) is 12.2. The highest BCUT2D eigenvalue weighted by Crippen LogP contribution is 2.36. The maximum atomic E-state index is 13.3. The van der Waals surface area contributed by atoms with Crippen LogP contribution in [0.1, 0.15) is 0 Å². The average molecular weight is 507 g/mol. The third kappa shape index (κ3) is 5.35. The van der Waals surface area contributed by atoms with E-state index in [4.69, 9.17) is 32.7 Å². The normalized spacial score (nSPS) is 15.3. The molecule has 1 amide bonds. The number of carbonyl (C=O) groups is 1. The van der Waals surface area contributed by atoms with Gasteiger partial charge in [-0.05, 0) is 60.7 Å². The van der Waals surface area contributed by atoms with Crippen molar-refractivity contribution in [2.45, 2.75) is 11.0 Å². The fourth-order valence-corrected chi connectivity index (χ4v) is 5.02. The highest BCUT2D eigenvalue weighted by molar-refractivity contribution is 7.92. The van der Waals surface area contributed by atoms with Crippen LogP contribution >= 0.6 is 23.2 Å². The summed E-state index contributed by atoms with van der Waals surface area (Å²) in [5, 5.41) is 3.76. The highest BCUT2D eigenvalue weighted by Gasteiger charge is 2.37. The van der Waals surface area contributed by atoms with Crippen LogP contribution in [0.25, 0.3) is 0 Å². The van der Waals surface area contributed by atoms with Gasteiger partial charge in [0.1, 0.15) is 18.1 Å². The van der Waals surface area contributed by atoms with Gasteiger partial charge in [0, 0.05) is 10.0 Å². The monoisotopic (exact) mass is 506 g/mol. The summed E-state index contributed by atoms with van der Waals surface area (Å²) in [6, 6.07) is 19.4. The Morgan fingerprint density at radius 1 is 1.00 bits per heavy atom. The number of amides is 1. The fourth-order valence-electron chi connectivity index (χ4n) is 3.29. The summed E-state index contributed by atoms with van der Waals surface area (Å²) in [6.45, 7) is 0.266. The van der Waals surface area contributed by atoms with Gasteiger partial charge in [-0.25, -0.2) is 8.42 Å². The van der Waals surface area contributed by atoms with Crippen molar-refractivity contribution in [3.8, 4) is 11.5 Å². The molecule has 0 aliphatic carbocycles. The number of nitrogens with one attached hydrogen (secondary N) is 1. The molecule has 0 aromatic heterocycles. The fraction of sp³-hybridized carbons (Fsp3) is 0.174. The van der Waals surface area contributed by atoms with Crippen molar-refractivity contribution in [2.24, 2.45) is 0 Å². The molecule has 1 aliphatic rings. The summed E-state index contributed by atoms with van der Waals surface area (Å²) in [4.78, 5) is 12.8. The number of ether oxygens (including phenoxy) is 2. The van der Waals surface area contributed by atoms with Crippen LogP contribution in [-0.4, -0.2) is 40.1 Å². The van der Waals surface area contributed by atoms with Gasteiger partial charge in [0.15, 0.2) is 6.10 Å². The Labute approximate surface area is 201 Å². The van der Waals surface area contributed by atoms with Crippen LogP contribution < -0.4 is 19.1 Å². The Hall–Kier alpha value is -2.94. The molecule has 0 saturated carbocycles. The summed E-state index contributed by atoms with van der Waals surface area (Å²) < 4.78 is 39.2. The van der Waals surface area contributed by atoms with Crippen molar-refractivity contribution in [3.05, 3.63) is 82.8 Å². The van der Waals surface area contributed by atoms with Crippen LogP contribution in [-0.2, 0) is 14.8 Å². The first-order chi connectivity index (χ1) is 15.8. The van der Waals surface area contributed by atoms with Crippen LogP contribution in [0, 0.1) is 0 Å². The number of halogens is 2. The van der Waals surface area contributed by atoms with Gasteiger partial charge in [-0.3, -0.25) is 9.10 Å². The van der Waals surface area contributed by atoms with Crippen LogP contribution in [0.3, 0.4) is 0 Å². The van der Waals surface area contributed by atoms with E-state index in [9.17, 15) is 13.2 Å². The minimum absolute atomic E-state index is 0.0686. The molecule has 1 unspecified atom stereocenters. The molecule has 10 heteroatoms. The molecule has 0 bridgehead atoms. The van der Waals surface area contributed by atoms with Gasteiger partial charge in [0.2, 0.25) is 0 Å². The molecule has 1 atom stereocenters. The third-order valence-electron chi connectivity index (χ3n) is 4.91. The molecular formula is C23H20Cl2N2O5S. The summed E-state index contributed by atoms with van der Waals surface area (Å²) in [5.74, 6) is 0.482.